The number of anilines is 1. The Morgan fingerprint density at radius 3 is 3.05 bits per heavy atom. The van der Waals surface area contributed by atoms with E-state index in [1.54, 1.807) is 13.1 Å². The number of nitrogens with one attached hydrogen (secondary N) is 2. The van der Waals surface area contributed by atoms with Crippen LogP contribution in [0.2, 0.25) is 0 Å². The average molecular weight is 286 g/mol. The van der Waals surface area contributed by atoms with Crippen molar-refractivity contribution in [3.8, 4) is 0 Å². The van der Waals surface area contributed by atoms with E-state index in [4.69, 9.17) is 0 Å². The van der Waals surface area contributed by atoms with Crippen LogP contribution in [0.5, 0.6) is 0 Å². The molecule has 8 heteroatoms. The topological polar surface area (TPSA) is 93.1 Å². The van der Waals surface area contributed by atoms with Gasteiger partial charge in [0, 0.05) is 31.6 Å². The van der Waals surface area contributed by atoms with Gasteiger partial charge in [0.05, 0.1) is 5.75 Å². The summed E-state index contributed by atoms with van der Waals surface area (Å²) in [6.07, 6.45) is 2.68. The van der Waals surface area contributed by atoms with Crippen LogP contribution in [0.15, 0.2) is 6.20 Å². The highest BCUT2D eigenvalue weighted by atomic mass is 32.2. The third-order valence-electron chi connectivity index (χ3n) is 3.01. The van der Waals surface area contributed by atoms with Gasteiger partial charge in [0.25, 0.3) is 5.91 Å². The maximum absolute atomic E-state index is 11.8. The van der Waals surface area contributed by atoms with Gasteiger partial charge in [-0.15, -0.1) is 0 Å². The first kappa shape index (κ1) is 13.9. The molecule has 7 nitrogen and oxygen atoms in total. The van der Waals surface area contributed by atoms with Crippen molar-refractivity contribution < 1.29 is 13.2 Å². The lowest BCUT2D eigenvalue weighted by Gasteiger charge is -2.14. The highest BCUT2D eigenvalue weighted by Crippen LogP contribution is 2.13. The first-order valence-corrected chi connectivity index (χ1v) is 8.13. The molecule has 1 aromatic rings. The molecule has 2 heterocycles. The van der Waals surface area contributed by atoms with E-state index in [-0.39, 0.29) is 24.0 Å². The number of rotatable bonds is 5. The molecule has 19 heavy (non-hydrogen) atoms. The summed E-state index contributed by atoms with van der Waals surface area (Å²) in [6, 6.07) is 0. The van der Waals surface area contributed by atoms with Crippen molar-refractivity contribution in [3.05, 3.63) is 11.9 Å². The van der Waals surface area contributed by atoms with Gasteiger partial charge in [-0.25, -0.2) is 13.4 Å². The van der Waals surface area contributed by atoms with Gasteiger partial charge < -0.3 is 15.2 Å². The number of hydrogen-bond acceptors (Lipinski definition) is 5. The Morgan fingerprint density at radius 2 is 2.37 bits per heavy atom. The molecule has 0 spiro atoms. The number of aryl methyl sites for hydroxylation is 1. The molecule has 1 aromatic heterocycles. The second kappa shape index (κ2) is 5.60. The molecule has 0 fully saturated rings. The van der Waals surface area contributed by atoms with E-state index in [0.29, 0.717) is 11.6 Å². The Hall–Kier alpha value is -1.57. The molecule has 0 bridgehead atoms. The Labute approximate surface area is 112 Å². The number of carbonyl (C=O) groups is 1. The van der Waals surface area contributed by atoms with E-state index in [2.05, 4.69) is 15.6 Å². The SMILES string of the molecule is CCS(=O)(=O)CCNC(=O)c1cn2c(n1)NCCC2. The summed E-state index contributed by atoms with van der Waals surface area (Å²) in [6.45, 7) is 3.40. The van der Waals surface area contributed by atoms with Crippen LogP contribution >= 0.6 is 0 Å². The molecule has 0 radical (unpaired) electrons. The zero-order valence-corrected chi connectivity index (χ0v) is 11.7. The molecule has 1 aliphatic rings. The molecule has 1 amide bonds. The van der Waals surface area contributed by atoms with Crippen LogP contribution in [0.25, 0.3) is 0 Å². The van der Waals surface area contributed by atoms with Crippen LogP contribution in [-0.4, -0.2) is 48.5 Å². The Bertz CT molecular complexity index is 541. The van der Waals surface area contributed by atoms with E-state index in [9.17, 15) is 13.2 Å². The molecular weight excluding hydrogens is 268 g/mol. The van der Waals surface area contributed by atoms with Crippen molar-refractivity contribution in [2.24, 2.45) is 0 Å². The lowest BCUT2D eigenvalue weighted by Crippen LogP contribution is -2.29. The van der Waals surface area contributed by atoms with E-state index in [1.807, 2.05) is 4.57 Å². The number of carbonyl (C=O) groups excluding carboxylic acids is 1. The van der Waals surface area contributed by atoms with Crippen molar-refractivity contribution in [1.82, 2.24) is 14.9 Å². The third-order valence-corrected chi connectivity index (χ3v) is 4.71. The molecule has 0 aromatic carbocycles. The van der Waals surface area contributed by atoms with Gasteiger partial charge in [-0.3, -0.25) is 4.79 Å². The van der Waals surface area contributed by atoms with Crippen LogP contribution in [0.1, 0.15) is 23.8 Å². The van der Waals surface area contributed by atoms with Gasteiger partial charge in [0.1, 0.15) is 5.69 Å². The first-order valence-electron chi connectivity index (χ1n) is 6.31. The van der Waals surface area contributed by atoms with Crippen molar-refractivity contribution in [3.63, 3.8) is 0 Å². The van der Waals surface area contributed by atoms with E-state index >= 15 is 0 Å². The predicted octanol–water partition coefficient (Wildman–Crippen LogP) is -0.137. The van der Waals surface area contributed by atoms with Crippen LogP contribution in [0.3, 0.4) is 0 Å². The van der Waals surface area contributed by atoms with E-state index < -0.39 is 9.84 Å². The minimum atomic E-state index is -3.05. The lowest BCUT2D eigenvalue weighted by atomic mass is 10.4. The van der Waals surface area contributed by atoms with Crippen LogP contribution < -0.4 is 10.6 Å². The number of nitrogens with zero attached hydrogens (tertiary/aromatic N) is 2. The number of fused-ring (bicyclic) bond motifs is 1. The van der Waals surface area contributed by atoms with Crippen LogP contribution in [0.4, 0.5) is 5.95 Å². The molecule has 2 rings (SSSR count). The molecule has 0 aliphatic carbocycles. The highest BCUT2D eigenvalue weighted by molar-refractivity contribution is 7.91. The van der Waals surface area contributed by atoms with Gasteiger partial charge in [-0.1, -0.05) is 6.92 Å². The van der Waals surface area contributed by atoms with E-state index in [0.717, 1.165) is 19.5 Å². The minimum absolute atomic E-state index is 0.0406. The summed E-state index contributed by atoms with van der Waals surface area (Å²) in [5.41, 5.74) is 0.318. The van der Waals surface area contributed by atoms with Crippen molar-refractivity contribution >= 4 is 21.7 Å². The predicted molar refractivity (Wildman–Crippen MR) is 72.0 cm³/mol. The molecule has 1 aliphatic heterocycles. The summed E-state index contributed by atoms with van der Waals surface area (Å²) in [5.74, 6) is 0.402. The van der Waals surface area contributed by atoms with Crippen LogP contribution in [-0.2, 0) is 16.4 Å². The lowest BCUT2D eigenvalue weighted by molar-refractivity contribution is 0.0951. The zero-order chi connectivity index (χ0) is 13.9. The second-order valence-corrected chi connectivity index (χ2v) is 6.89. The molecule has 0 unspecified atom stereocenters. The van der Waals surface area contributed by atoms with Gasteiger partial charge in [-0.2, -0.15) is 0 Å². The monoisotopic (exact) mass is 286 g/mol. The quantitative estimate of drug-likeness (QED) is 0.786. The summed E-state index contributed by atoms with van der Waals surface area (Å²) in [7, 11) is -3.05. The third kappa shape index (κ3) is 3.46. The zero-order valence-electron chi connectivity index (χ0n) is 10.8. The Morgan fingerprint density at radius 1 is 1.58 bits per heavy atom. The van der Waals surface area contributed by atoms with Crippen molar-refractivity contribution in [1.29, 1.82) is 0 Å². The molecule has 0 saturated carbocycles. The van der Waals surface area contributed by atoms with Gasteiger partial charge in [0.15, 0.2) is 9.84 Å². The van der Waals surface area contributed by atoms with Crippen LogP contribution in [0, 0.1) is 0 Å². The second-order valence-electron chi connectivity index (χ2n) is 4.42. The van der Waals surface area contributed by atoms with Gasteiger partial charge in [0.2, 0.25) is 5.95 Å². The molecule has 0 saturated heterocycles. The summed E-state index contributed by atoms with van der Waals surface area (Å²) in [4.78, 5) is 16.0. The fourth-order valence-corrected chi connectivity index (χ4v) is 2.54. The Balaban J connectivity index is 1.91. The first-order chi connectivity index (χ1) is 9.02. The number of hydrogen-bond donors (Lipinski definition) is 2. The summed E-state index contributed by atoms with van der Waals surface area (Å²) >= 11 is 0. The average Bonchev–Trinajstić information content (AvgIpc) is 2.82. The maximum Gasteiger partial charge on any atom is 0.271 e. The number of sulfone groups is 1. The fourth-order valence-electron chi connectivity index (χ4n) is 1.84. The highest BCUT2D eigenvalue weighted by Gasteiger charge is 2.16. The smallest absolute Gasteiger partial charge is 0.271 e. The Kier molecular flexibility index (Phi) is 4.08. The largest absolute Gasteiger partial charge is 0.356 e. The van der Waals surface area contributed by atoms with Gasteiger partial charge in [-0.05, 0) is 6.42 Å². The van der Waals surface area contributed by atoms with Crippen molar-refractivity contribution in [2.45, 2.75) is 19.9 Å². The van der Waals surface area contributed by atoms with E-state index in [1.165, 1.54) is 0 Å². The number of imidazole rings is 1. The van der Waals surface area contributed by atoms with Gasteiger partial charge >= 0.3 is 0 Å². The number of aromatic nitrogens is 2. The maximum atomic E-state index is 11.8. The normalized spacial score (nSPS) is 14.6. The summed E-state index contributed by atoms with van der Waals surface area (Å²) in [5, 5.41) is 5.68. The molecule has 106 valence electrons. The number of amides is 1. The molecule has 2 N–H and O–H groups in total. The van der Waals surface area contributed by atoms with Crippen molar-refractivity contribution in [2.75, 3.05) is 29.9 Å². The fraction of sp³-hybridized carbons (Fsp3) is 0.636. The molecule has 0 atom stereocenters. The standard InChI is InChI=1S/C11H18N4O3S/c1-2-19(17,18)7-5-12-10(16)9-8-15-6-3-4-13-11(15)14-9/h8H,2-7H2,1H3,(H,12,16)(H,13,14). The molecular formula is C11H18N4O3S. The minimum Gasteiger partial charge on any atom is -0.356 e. The summed E-state index contributed by atoms with van der Waals surface area (Å²) < 4.78 is 24.5.